The molecular weight excluding hydrogens is 284 g/mol. The van der Waals surface area contributed by atoms with Gasteiger partial charge < -0.3 is 10.2 Å². The fourth-order valence-corrected chi connectivity index (χ4v) is 3.86. The van der Waals surface area contributed by atoms with Crippen molar-refractivity contribution in [1.29, 1.82) is 0 Å². The third-order valence-electron chi connectivity index (χ3n) is 5.07. The lowest BCUT2D eigenvalue weighted by molar-refractivity contribution is -0.134. The van der Waals surface area contributed by atoms with Crippen molar-refractivity contribution in [2.75, 3.05) is 13.1 Å². The van der Waals surface area contributed by atoms with E-state index in [4.69, 9.17) is 0 Å². The number of carbonyl (C=O) groups is 1. The zero-order valence-corrected chi connectivity index (χ0v) is 13.2. The molecule has 4 rings (SSSR count). The Hall–Kier alpha value is -2.13. The number of benzene rings is 2. The van der Waals surface area contributed by atoms with Crippen LogP contribution in [0, 0.1) is 0 Å². The fraction of sp³-hybridized carbons (Fsp3) is 0.350. The molecule has 23 heavy (non-hydrogen) atoms. The van der Waals surface area contributed by atoms with Crippen LogP contribution >= 0.6 is 0 Å². The summed E-state index contributed by atoms with van der Waals surface area (Å²) in [5.74, 6) is 0.532. The van der Waals surface area contributed by atoms with E-state index in [1.54, 1.807) is 0 Å². The lowest BCUT2D eigenvalue weighted by atomic mass is 9.84. The van der Waals surface area contributed by atoms with Crippen LogP contribution in [-0.4, -0.2) is 29.9 Å². The van der Waals surface area contributed by atoms with Gasteiger partial charge in [0.05, 0.1) is 6.04 Å². The SMILES string of the molecule is O=C(C1CCCN1)N1Cc2ccccc2C(c2ccccc2)C1. The monoisotopic (exact) mass is 306 g/mol. The van der Waals surface area contributed by atoms with E-state index in [9.17, 15) is 4.79 Å². The van der Waals surface area contributed by atoms with Gasteiger partial charge in [0, 0.05) is 19.0 Å². The van der Waals surface area contributed by atoms with Crippen LogP contribution < -0.4 is 5.32 Å². The first kappa shape index (κ1) is 14.5. The summed E-state index contributed by atoms with van der Waals surface area (Å²) >= 11 is 0. The van der Waals surface area contributed by atoms with Gasteiger partial charge in [-0.1, -0.05) is 54.6 Å². The summed E-state index contributed by atoms with van der Waals surface area (Å²) in [6.07, 6.45) is 2.07. The molecule has 1 N–H and O–H groups in total. The van der Waals surface area contributed by atoms with Gasteiger partial charge in [-0.15, -0.1) is 0 Å². The Morgan fingerprint density at radius 2 is 1.83 bits per heavy atom. The van der Waals surface area contributed by atoms with E-state index in [0.717, 1.165) is 32.5 Å². The fourth-order valence-electron chi connectivity index (χ4n) is 3.86. The zero-order chi connectivity index (χ0) is 15.6. The van der Waals surface area contributed by atoms with Crippen molar-refractivity contribution in [3.05, 3.63) is 71.3 Å². The second-order valence-electron chi connectivity index (χ2n) is 6.53. The smallest absolute Gasteiger partial charge is 0.240 e. The topological polar surface area (TPSA) is 32.3 Å². The van der Waals surface area contributed by atoms with Crippen LogP contribution in [0.1, 0.15) is 35.4 Å². The highest BCUT2D eigenvalue weighted by atomic mass is 16.2. The van der Waals surface area contributed by atoms with Gasteiger partial charge in [-0.05, 0) is 36.1 Å². The summed E-state index contributed by atoms with van der Waals surface area (Å²) in [4.78, 5) is 14.9. The largest absolute Gasteiger partial charge is 0.336 e. The van der Waals surface area contributed by atoms with Crippen LogP contribution in [0.5, 0.6) is 0 Å². The second-order valence-corrected chi connectivity index (χ2v) is 6.53. The molecule has 2 aliphatic heterocycles. The van der Waals surface area contributed by atoms with E-state index in [2.05, 4.69) is 53.8 Å². The Labute approximate surface area is 137 Å². The Balaban J connectivity index is 1.67. The predicted molar refractivity (Wildman–Crippen MR) is 91.2 cm³/mol. The molecule has 3 nitrogen and oxygen atoms in total. The number of amides is 1. The minimum atomic E-state index is 0.0108. The van der Waals surface area contributed by atoms with E-state index in [1.165, 1.54) is 16.7 Å². The second kappa shape index (κ2) is 6.17. The number of hydrogen-bond acceptors (Lipinski definition) is 2. The number of nitrogens with zero attached hydrogens (tertiary/aromatic N) is 1. The normalized spacial score (nSPS) is 23.6. The molecule has 1 saturated heterocycles. The Kier molecular flexibility index (Phi) is 3.88. The standard InChI is InChI=1S/C20H22N2O/c23-20(19-11-6-12-21-19)22-13-16-9-4-5-10-17(16)18(14-22)15-7-2-1-3-8-15/h1-5,7-10,18-19,21H,6,11-14H2. The van der Waals surface area contributed by atoms with Crippen molar-refractivity contribution >= 4 is 5.91 Å². The predicted octanol–water partition coefficient (Wildman–Crippen LogP) is 2.91. The third-order valence-corrected chi connectivity index (χ3v) is 5.07. The molecule has 1 fully saturated rings. The van der Waals surface area contributed by atoms with E-state index in [-0.39, 0.29) is 17.9 Å². The van der Waals surface area contributed by atoms with Crippen molar-refractivity contribution in [2.24, 2.45) is 0 Å². The molecule has 0 spiro atoms. The number of hydrogen-bond donors (Lipinski definition) is 1. The van der Waals surface area contributed by atoms with Crippen LogP contribution in [0.15, 0.2) is 54.6 Å². The van der Waals surface area contributed by atoms with Gasteiger partial charge >= 0.3 is 0 Å². The van der Waals surface area contributed by atoms with Crippen molar-refractivity contribution in [1.82, 2.24) is 10.2 Å². The van der Waals surface area contributed by atoms with Crippen LogP contribution in [0.3, 0.4) is 0 Å². The molecule has 2 aromatic carbocycles. The molecular formula is C20H22N2O. The maximum atomic E-state index is 12.9. The first-order valence-corrected chi connectivity index (χ1v) is 8.48. The average molecular weight is 306 g/mol. The van der Waals surface area contributed by atoms with Crippen LogP contribution in [0.25, 0.3) is 0 Å². The summed E-state index contributed by atoms with van der Waals surface area (Å²) < 4.78 is 0. The van der Waals surface area contributed by atoms with E-state index in [1.807, 2.05) is 11.0 Å². The molecule has 0 bridgehead atoms. The molecule has 0 aliphatic carbocycles. The molecule has 2 unspecified atom stereocenters. The summed E-state index contributed by atoms with van der Waals surface area (Å²) in [5, 5.41) is 3.34. The quantitative estimate of drug-likeness (QED) is 0.925. The van der Waals surface area contributed by atoms with Crippen LogP contribution in [0.4, 0.5) is 0 Å². The Morgan fingerprint density at radius 1 is 1.04 bits per heavy atom. The molecule has 2 aromatic rings. The lowest BCUT2D eigenvalue weighted by Gasteiger charge is -2.36. The summed E-state index contributed by atoms with van der Waals surface area (Å²) in [5.41, 5.74) is 3.93. The Bertz CT molecular complexity index is 692. The summed E-state index contributed by atoms with van der Waals surface area (Å²) in [6, 6.07) is 19.1. The minimum absolute atomic E-state index is 0.0108. The molecule has 0 saturated carbocycles. The van der Waals surface area contributed by atoms with Crippen molar-refractivity contribution < 1.29 is 4.79 Å². The van der Waals surface area contributed by atoms with Gasteiger partial charge in [0.15, 0.2) is 0 Å². The summed E-state index contributed by atoms with van der Waals surface area (Å²) in [7, 11) is 0. The molecule has 2 aliphatic rings. The number of nitrogens with one attached hydrogen (secondary N) is 1. The molecule has 1 amide bonds. The van der Waals surface area contributed by atoms with Crippen molar-refractivity contribution in [2.45, 2.75) is 31.3 Å². The van der Waals surface area contributed by atoms with Gasteiger partial charge in [0.2, 0.25) is 5.91 Å². The highest BCUT2D eigenvalue weighted by Crippen LogP contribution is 2.33. The van der Waals surface area contributed by atoms with E-state index >= 15 is 0 Å². The Morgan fingerprint density at radius 3 is 2.61 bits per heavy atom. The number of rotatable bonds is 2. The highest BCUT2D eigenvalue weighted by molar-refractivity contribution is 5.82. The van der Waals surface area contributed by atoms with Gasteiger partial charge in [0.25, 0.3) is 0 Å². The maximum absolute atomic E-state index is 12.9. The first-order chi connectivity index (χ1) is 11.3. The molecule has 118 valence electrons. The first-order valence-electron chi connectivity index (χ1n) is 8.48. The van der Waals surface area contributed by atoms with Crippen LogP contribution in [-0.2, 0) is 11.3 Å². The van der Waals surface area contributed by atoms with Crippen molar-refractivity contribution in [3.8, 4) is 0 Å². The van der Waals surface area contributed by atoms with Gasteiger partial charge in [-0.3, -0.25) is 4.79 Å². The molecule has 2 heterocycles. The minimum Gasteiger partial charge on any atom is -0.336 e. The maximum Gasteiger partial charge on any atom is 0.240 e. The molecule has 0 radical (unpaired) electrons. The molecule has 3 heteroatoms. The lowest BCUT2D eigenvalue weighted by Crippen LogP contribution is -2.46. The van der Waals surface area contributed by atoms with Gasteiger partial charge in [-0.2, -0.15) is 0 Å². The van der Waals surface area contributed by atoms with E-state index < -0.39 is 0 Å². The van der Waals surface area contributed by atoms with Gasteiger partial charge in [0.1, 0.15) is 0 Å². The number of fused-ring (bicyclic) bond motifs is 1. The van der Waals surface area contributed by atoms with Crippen molar-refractivity contribution in [3.63, 3.8) is 0 Å². The summed E-state index contributed by atoms with van der Waals surface area (Å²) in [6.45, 7) is 2.47. The van der Waals surface area contributed by atoms with E-state index in [0.29, 0.717) is 0 Å². The highest BCUT2D eigenvalue weighted by Gasteiger charge is 2.33. The van der Waals surface area contributed by atoms with Gasteiger partial charge in [-0.25, -0.2) is 0 Å². The van der Waals surface area contributed by atoms with Crippen LogP contribution in [0.2, 0.25) is 0 Å². The average Bonchev–Trinajstić information content (AvgIpc) is 3.15. The number of carbonyl (C=O) groups excluding carboxylic acids is 1. The molecule has 0 aromatic heterocycles. The zero-order valence-electron chi connectivity index (χ0n) is 13.2. The third kappa shape index (κ3) is 2.77. The molecule has 2 atom stereocenters.